The molecule has 0 fully saturated rings. The molecule has 2 aliphatic rings. The Labute approximate surface area is 187 Å². The van der Waals surface area contributed by atoms with Crippen LogP contribution in [0.3, 0.4) is 0 Å². The first-order valence-corrected chi connectivity index (χ1v) is 10.2. The van der Waals surface area contributed by atoms with Crippen LogP contribution in [0.1, 0.15) is 40.7 Å². The zero-order valence-corrected chi connectivity index (χ0v) is 17.1. The summed E-state index contributed by atoms with van der Waals surface area (Å²) in [4.78, 5) is 12.3. The van der Waals surface area contributed by atoms with E-state index in [2.05, 4.69) is 0 Å². The molecule has 0 amide bonds. The number of ether oxygens (including phenoxy) is 2. The average molecular weight is 452 g/mol. The van der Waals surface area contributed by atoms with Crippen LogP contribution in [-0.2, 0) is 11.2 Å². The third kappa shape index (κ3) is 3.42. The van der Waals surface area contributed by atoms with E-state index in [1.807, 2.05) is 0 Å². The van der Waals surface area contributed by atoms with Crippen molar-refractivity contribution in [1.29, 1.82) is 0 Å². The summed E-state index contributed by atoms with van der Waals surface area (Å²) in [6.07, 6.45) is -2.08. The summed E-state index contributed by atoms with van der Waals surface area (Å²) >= 11 is 0. The molecule has 9 heteroatoms. The summed E-state index contributed by atoms with van der Waals surface area (Å²) in [7, 11) is 0. The normalized spacial score (nSPS) is 21.5. The van der Waals surface area contributed by atoms with Gasteiger partial charge in [0.2, 0.25) is 0 Å². The van der Waals surface area contributed by atoms with Crippen molar-refractivity contribution in [2.24, 2.45) is 0 Å². The molecule has 170 valence electrons. The number of esters is 1. The van der Waals surface area contributed by atoms with Crippen LogP contribution in [0.25, 0.3) is 0 Å². The van der Waals surface area contributed by atoms with Crippen LogP contribution in [0, 0.1) is 0 Å². The number of aromatic hydroxyl groups is 5. The first-order chi connectivity index (χ1) is 15.7. The number of rotatable bonds is 2. The minimum absolute atomic E-state index is 0.0161. The molecule has 0 aliphatic carbocycles. The van der Waals surface area contributed by atoms with E-state index < -0.39 is 24.1 Å². The van der Waals surface area contributed by atoms with Crippen LogP contribution >= 0.6 is 0 Å². The van der Waals surface area contributed by atoms with Crippen LogP contribution in [0.4, 0.5) is 0 Å². The van der Waals surface area contributed by atoms with Gasteiger partial charge in [0.25, 0.3) is 0 Å². The van der Waals surface area contributed by atoms with E-state index in [9.17, 15) is 35.4 Å². The maximum absolute atomic E-state index is 12.3. The van der Waals surface area contributed by atoms with E-state index in [0.29, 0.717) is 22.3 Å². The number of phenols is 5. The Morgan fingerprint density at radius 1 is 0.758 bits per heavy atom. The molecule has 9 nitrogen and oxygen atoms in total. The minimum atomic E-state index is -1.08. The summed E-state index contributed by atoms with van der Waals surface area (Å²) in [5.41, 5.74) is 1.69. The van der Waals surface area contributed by atoms with Gasteiger partial charge in [-0.05, 0) is 35.4 Å². The molecular weight excluding hydrogens is 432 g/mol. The fourth-order valence-corrected chi connectivity index (χ4v) is 4.43. The van der Waals surface area contributed by atoms with Gasteiger partial charge in [-0.3, -0.25) is 4.79 Å². The number of benzene rings is 3. The number of aliphatic hydroxyl groups is 1. The van der Waals surface area contributed by atoms with Crippen molar-refractivity contribution in [1.82, 2.24) is 0 Å². The Morgan fingerprint density at radius 2 is 1.39 bits per heavy atom. The van der Waals surface area contributed by atoms with Crippen molar-refractivity contribution < 1.29 is 44.9 Å². The number of carbonyl (C=O) groups excluding carboxylic acids is 1. The predicted octanol–water partition coefficient (Wildman–Crippen LogP) is 2.69. The molecule has 6 N–H and O–H groups in total. The zero-order chi connectivity index (χ0) is 23.4. The Morgan fingerprint density at radius 3 is 2.06 bits per heavy atom. The summed E-state index contributed by atoms with van der Waals surface area (Å²) in [5.74, 6) is -2.43. The molecule has 0 radical (unpaired) electrons. The largest absolute Gasteiger partial charge is 0.507 e. The van der Waals surface area contributed by atoms with Crippen molar-refractivity contribution in [2.45, 2.75) is 31.0 Å². The second-order valence-electron chi connectivity index (χ2n) is 8.15. The number of aliphatic hydroxyl groups excluding tert-OH is 1. The highest BCUT2D eigenvalue weighted by molar-refractivity contribution is 5.80. The topological polar surface area (TPSA) is 157 Å². The van der Waals surface area contributed by atoms with Crippen LogP contribution in [0.5, 0.6) is 40.2 Å². The summed E-state index contributed by atoms with van der Waals surface area (Å²) in [6, 6.07) is 9.56. The van der Waals surface area contributed by atoms with E-state index in [-0.39, 0.29) is 53.1 Å². The quantitative estimate of drug-likeness (QED) is 0.195. The lowest BCUT2D eigenvalue weighted by molar-refractivity contribution is -0.135. The van der Waals surface area contributed by atoms with Crippen molar-refractivity contribution in [3.05, 3.63) is 64.7 Å². The monoisotopic (exact) mass is 452 g/mol. The van der Waals surface area contributed by atoms with Gasteiger partial charge in [0.15, 0.2) is 23.0 Å². The number of hydrogen-bond acceptors (Lipinski definition) is 9. The maximum atomic E-state index is 12.3. The smallest absolute Gasteiger partial charge is 0.312 e. The van der Waals surface area contributed by atoms with Gasteiger partial charge in [-0.15, -0.1) is 0 Å². The lowest BCUT2D eigenvalue weighted by Gasteiger charge is -2.36. The third-order valence-electron chi connectivity index (χ3n) is 6.04. The van der Waals surface area contributed by atoms with E-state index >= 15 is 0 Å². The molecule has 0 saturated carbocycles. The van der Waals surface area contributed by atoms with Crippen LogP contribution in [-0.4, -0.2) is 42.7 Å². The summed E-state index contributed by atoms with van der Waals surface area (Å²) in [6.45, 7) is 0. The fourth-order valence-electron chi connectivity index (χ4n) is 4.43. The van der Waals surface area contributed by atoms with Gasteiger partial charge in [-0.1, -0.05) is 12.1 Å². The van der Waals surface area contributed by atoms with Gasteiger partial charge in [-0.25, -0.2) is 0 Å². The highest BCUT2D eigenvalue weighted by atomic mass is 16.5. The van der Waals surface area contributed by atoms with Crippen molar-refractivity contribution in [3.8, 4) is 40.2 Å². The SMILES string of the molecule is O=C1C[C@H](c2ccc(O)c(O)c2)c2c(cc(O)c3c2O[C@H](c2ccc(O)c(O)c2)[C@H](O)C3)O1. The first-order valence-electron chi connectivity index (χ1n) is 10.2. The third-order valence-corrected chi connectivity index (χ3v) is 6.04. The van der Waals surface area contributed by atoms with Crippen molar-refractivity contribution in [2.75, 3.05) is 0 Å². The minimum Gasteiger partial charge on any atom is -0.507 e. The Bertz CT molecular complexity index is 1280. The van der Waals surface area contributed by atoms with Crippen LogP contribution in [0.2, 0.25) is 0 Å². The Hall–Kier alpha value is -4.11. The predicted molar refractivity (Wildman–Crippen MR) is 113 cm³/mol. The molecule has 3 aromatic rings. The highest BCUT2D eigenvalue weighted by Gasteiger charge is 2.40. The Kier molecular flexibility index (Phi) is 4.71. The van der Waals surface area contributed by atoms with Crippen LogP contribution < -0.4 is 9.47 Å². The zero-order valence-electron chi connectivity index (χ0n) is 17.1. The van der Waals surface area contributed by atoms with E-state index in [4.69, 9.17) is 9.47 Å². The number of hydrogen-bond donors (Lipinski definition) is 6. The molecule has 0 spiro atoms. The first kappa shape index (κ1) is 20.8. The Balaban J connectivity index is 1.66. The van der Waals surface area contributed by atoms with Gasteiger partial charge in [-0.2, -0.15) is 0 Å². The highest BCUT2D eigenvalue weighted by Crippen LogP contribution is 2.52. The maximum Gasteiger partial charge on any atom is 0.312 e. The van der Waals surface area contributed by atoms with Crippen LogP contribution in [0.15, 0.2) is 42.5 Å². The molecule has 0 bridgehead atoms. The van der Waals surface area contributed by atoms with E-state index in [1.165, 1.54) is 36.4 Å². The lowest BCUT2D eigenvalue weighted by atomic mass is 9.82. The molecule has 3 aromatic carbocycles. The average Bonchev–Trinajstić information content (AvgIpc) is 2.77. The molecule has 0 aromatic heterocycles. The molecule has 2 aliphatic heterocycles. The fraction of sp³-hybridized carbons (Fsp3) is 0.208. The molecule has 5 rings (SSSR count). The van der Waals surface area contributed by atoms with Gasteiger partial charge >= 0.3 is 5.97 Å². The second kappa shape index (κ2) is 7.49. The summed E-state index contributed by atoms with van der Waals surface area (Å²) in [5, 5.41) is 60.5. The molecule has 3 atom stereocenters. The summed E-state index contributed by atoms with van der Waals surface area (Å²) < 4.78 is 11.5. The number of fused-ring (bicyclic) bond motifs is 3. The molecule has 2 heterocycles. The second-order valence-corrected chi connectivity index (χ2v) is 8.15. The van der Waals surface area contributed by atoms with Gasteiger partial charge in [0.05, 0.1) is 12.5 Å². The van der Waals surface area contributed by atoms with Crippen molar-refractivity contribution >= 4 is 5.97 Å². The molecule has 0 saturated heterocycles. The van der Waals surface area contributed by atoms with Gasteiger partial charge in [0.1, 0.15) is 23.4 Å². The van der Waals surface area contributed by atoms with Crippen molar-refractivity contribution in [3.63, 3.8) is 0 Å². The lowest BCUT2D eigenvalue weighted by Crippen LogP contribution is -2.32. The van der Waals surface area contributed by atoms with Gasteiger partial charge < -0.3 is 40.1 Å². The van der Waals surface area contributed by atoms with Gasteiger partial charge in [0, 0.05) is 29.5 Å². The molecular formula is C24H20O9. The standard InChI is InChI=1S/C24H20O9/c25-14-3-1-10(5-17(14)28)12-8-21(31)32-20-9-16(27)13-7-19(30)23(33-24(13)22(12)20)11-2-4-15(26)18(29)6-11/h1-6,9,12,19,23,25-30H,7-8H2/t12-,19-,23-/m1/s1. The molecule has 33 heavy (non-hydrogen) atoms. The number of phenolic OH excluding ortho intramolecular Hbond substituents is 5. The molecule has 0 unspecified atom stereocenters. The number of carbonyl (C=O) groups is 1. The van der Waals surface area contributed by atoms with E-state index in [0.717, 1.165) is 0 Å². The van der Waals surface area contributed by atoms with E-state index in [1.54, 1.807) is 6.07 Å².